The fourth-order valence-corrected chi connectivity index (χ4v) is 2.77. The van der Waals surface area contributed by atoms with Crippen molar-refractivity contribution in [3.63, 3.8) is 0 Å². The summed E-state index contributed by atoms with van der Waals surface area (Å²) < 4.78 is 2.25. The van der Waals surface area contributed by atoms with Gasteiger partial charge in [-0.2, -0.15) is 0 Å². The highest BCUT2D eigenvalue weighted by Crippen LogP contribution is 2.17. The lowest BCUT2D eigenvalue weighted by Crippen LogP contribution is -2.30. The van der Waals surface area contributed by atoms with Gasteiger partial charge in [0.2, 0.25) is 5.91 Å². The Morgan fingerprint density at radius 3 is 2.85 bits per heavy atom. The van der Waals surface area contributed by atoms with Gasteiger partial charge in [0.1, 0.15) is 0 Å². The molecule has 2 aromatic rings. The third kappa shape index (κ3) is 2.77. The topological polar surface area (TPSA) is 34.0 Å². The monoisotopic (exact) mass is 268 g/mol. The molecule has 3 nitrogen and oxygen atoms in total. The predicted octanol–water partition coefficient (Wildman–Crippen LogP) is 3.11. The molecular weight excluding hydrogens is 248 g/mol. The predicted molar refractivity (Wildman–Crippen MR) is 81.4 cm³/mol. The highest BCUT2D eigenvalue weighted by atomic mass is 16.1. The van der Waals surface area contributed by atoms with E-state index < -0.39 is 0 Å². The maximum Gasteiger partial charge on any atom is 0.223 e. The number of nitrogens with one attached hydrogen (secondary N) is 1. The quantitative estimate of drug-likeness (QED) is 0.656. The summed E-state index contributed by atoms with van der Waals surface area (Å²) in [4.78, 5) is 11.9. The molecule has 0 atom stereocenters. The second-order valence-corrected chi connectivity index (χ2v) is 5.35. The zero-order chi connectivity index (χ0) is 13.8. The number of allylic oxidation sites excluding steroid dienone is 2. The fraction of sp³-hybridized carbons (Fsp3) is 0.353. The van der Waals surface area contributed by atoms with Crippen molar-refractivity contribution in [2.45, 2.75) is 25.8 Å². The van der Waals surface area contributed by atoms with E-state index in [9.17, 15) is 4.79 Å². The number of aryl methyl sites for hydroxylation is 1. The van der Waals surface area contributed by atoms with Crippen LogP contribution in [0.15, 0.2) is 48.7 Å². The van der Waals surface area contributed by atoms with Crippen molar-refractivity contribution in [1.82, 2.24) is 9.88 Å². The lowest BCUT2D eigenvalue weighted by molar-refractivity contribution is -0.124. The van der Waals surface area contributed by atoms with Gasteiger partial charge in [0.25, 0.3) is 0 Å². The fourth-order valence-electron chi connectivity index (χ4n) is 2.77. The van der Waals surface area contributed by atoms with Crippen molar-refractivity contribution in [3.05, 3.63) is 48.7 Å². The zero-order valence-corrected chi connectivity index (χ0v) is 11.6. The maximum atomic E-state index is 11.9. The molecule has 3 rings (SSSR count). The summed E-state index contributed by atoms with van der Waals surface area (Å²) in [5.41, 5.74) is 1.26. The van der Waals surface area contributed by atoms with Crippen molar-refractivity contribution in [2.75, 3.05) is 6.54 Å². The van der Waals surface area contributed by atoms with Crippen LogP contribution in [0.1, 0.15) is 19.3 Å². The van der Waals surface area contributed by atoms with Crippen LogP contribution in [0, 0.1) is 5.92 Å². The number of rotatable bonds is 5. The largest absolute Gasteiger partial charge is 0.356 e. The first-order valence-corrected chi connectivity index (χ1v) is 7.31. The molecule has 1 aromatic heterocycles. The first kappa shape index (κ1) is 13.0. The van der Waals surface area contributed by atoms with Gasteiger partial charge in [-0.1, -0.05) is 30.4 Å². The van der Waals surface area contributed by atoms with Gasteiger partial charge in [0, 0.05) is 30.7 Å². The van der Waals surface area contributed by atoms with Gasteiger partial charge >= 0.3 is 0 Å². The molecule has 0 fully saturated rings. The van der Waals surface area contributed by atoms with E-state index in [1.807, 2.05) is 0 Å². The lowest BCUT2D eigenvalue weighted by Gasteiger charge is -2.11. The Balaban J connectivity index is 1.47. The summed E-state index contributed by atoms with van der Waals surface area (Å²) in [6.45, 7) is 1.69. The number of hydrogen-bond acceptors (Lipinski definition) is 1. The van der Waals surface area contributed by atoms with Gasteiger partial charge in [-0.05, 0) is 36.8 Å². The van der Waals surface area contributed by atoms with Crippen molar-refractivity contribution >= 4 is 16.8 Å². The molecule has 1 amide bonds. The summed E-state index contributed by atoms with van der Waals surface area (Å²) in [6, 6.07) is 10.5. The third-order valence-electron chi connectivity index (χ3n) is 3.93. The molecule has 20 heavy (non-hydrogen) atoms. The molecule has 0 saturated heterocycles. The minimum Gasteiger partial charge on any atom is -0.356 e. The molecule has 0 aliphatic heterocycles. The van der Waals surface area contributed by atoms with E-state index in [-0.39, 0.29) is 11.8 Å². The SMILES string of the molecule is O=C(NCCCn1ccc2ccccc21)C1CC=CC1. The number of hydrogen-bond donors (Lipinski definition) is 1. The molecule has 3 heteroatoms. The number of para-hydroxylation sites is 1. The number of fused-ring (bicyclic) bond motifs is 1. The number of carbonyl (C=O) groups excluding carboxylic acids is 1. The minimum absolute atomic E-state index is 0.169. The standard InChI is InChI=1S/C17H20N2O/c20-17(15-7-1-2-8-15)18-11-5-12-19-13-10-14-6-3-4-9-16(14)19/h1-4,6,9-10,13,15H,5,7-8,11-12H2,(H,18,20). The van der Waals surface area contributed by atoms with Gasteiger partial charge < -0.3 is 9.88 Å². The minimum atomic E-state index is 0.169. The summed E-state index contributed by atoms with van der Waals surface area (Å²) in [6.07, 6.45) is 9.06. The van der Waals surface area contributed by atoms with Crippen molar-refractivity contribution in [1.29, 1.82) is 0 Å². The smallest absolute Gasteiger partial charge is 0.223 e. The van der Waals surface area contributed by atoms with Crippen LogP contribution in [0.2, 0.25) is 0 Å². The molecule has 0 saturated carbocycles. The molecule has 0 spiro atoms. The average Bonchev–Trinajstić information content (AvgIpc) is 3.13. The zero-order valence-electron chi connectivity index (χ0n) is 11.6. The van der Waals surface area contributed by atoms with Crippen molar-refractivity contribution < 1.29 is 4.79 Å². The van der Waals surface area contributed by atoms with Crippen LogP contribution in [0.3, 0.4) is 0 Å². The van der Waals surface area contributed by atoms with E-state index in [2.05, 4.69) is 58.6 Å². The molecule has 0 bridgehead atoms. The van der Waals surface area contributed by atoms with Gasteiger partial charge in [0.05, 0.1) is 0 Å². The summed E-state index contributed by atoms with van der Waals surface area (Å²) >= 11 is 0. The molecule has 104 valence electrons. The molecule has 1 heterocycles. The van der Waals surface area contributed by atoms with Crippen LogP contribution in [0.5, 0.6) is 0 Å². The first-order chi connectivity index (χ1) is 9.84. The molecule has 0 radical (unpaired) electrons. The highest BCUT2D eigenvalue weighted by Gasteiger charge is 2.18. The average molecular weight is 268 g/mol. The number of nitrogens with zero attached hydrogens (tertiary/aromatic N) is 1. The highest BCUT2D eigenvalue weighted by molar-refractivity contribution is 5.80. The second kappa shape index (κ2) is 5.95. The van der Waals surface area contributed by atoms with Gasteiger partial charge in [-0.15, -0.1) is 0 Å². The number of amides is 1. The van der Waals surface area contributed by atoms with Crippen molar-refractivity contribution in [2.24, 2.45) is 5.92 Å². The van der Waals surface area contributed by atoms with E-state index in [4.69, 9.17) is 0 Å². The molecule has 1 aromatic carbocycles. The van der Waals surface area contributed by atoms with Crippen LogP contribution in [0.25, 0.3) is 10.9 Å². The Hall–Kier alpha value is -2.03. The molecule has 1 aliphatic carbocycles. The van der Waals surface area contributed by atoms with Crippen LogP contribution >= 0.6 is 0 Å². The Labute approximate surface area is 119 Å². The molecule has 1 N–H and O–H groups in total. The van der Waals surface area contributed by atoms with Crippen molar-refractivity contribution in [3.8, 4) is 0 Å². The maximum absolute atomic E-state index is 11.9. The van der Waals surface area contributed by atoms with Gasteiger partial charge in [0.15, 0.2) is 0 Å². The Kier molecular flexibility index (Phi) is 3.86. The van der Waals surface area contributed by atoms with Crippen LogP contribution in [-0.2, 0) is 11.3 Å². The van der Waals surface area contributed by atoms with E-state index in [0.717, 1.165) is 32.4 Å². The first-order valence-electron chi connectivity index (χ1n) is 7.31. The summed E-state index contributed by atoms with van der Waals surface area (Å²) in [5.74, 6) is 0.370. The Morgan fingerprint density at radius 1 is 1.20 bits per heavy atom. The lowest BCUT2D eigenvalue weighted by atomic mass is 10.1. The third-order valence-corrected chi connectivity index (χ3v) is 3.93. The van der Waals surface area contributed by atoms with Gasteiger partial charge in [-0.25, -0.2) is 0 Å². The summed E-state index contributed by atoms with van der Waals surface area (Å²) in [5, 5.41) is 4.31. The molecule has 1 aliphatic rings. The van der Waals surface area contributed by atoms with Crippen LogP contribution in [0.4, 0.5) is 0 Å². The van der Waals surface area contributed by atoms with E-state index in [1.165, 1.54) is 10.9 Å². The molecule has 0 unspecified atom stereocenters. The number of carbonyl (C=O) groups is 1. The van der Waals surface area contributed by atoms with E-state index in [0.29, 0.717) is 0 Å². The van der Waals surface area contributed by atoms with Gasteiger partial charge in [-0.3, -0.25) is 4.79 Å². The Bertz CT molecular complexity index is 619. The normalized spacial score (nSPS) is 15.0. The number of aromatic nitrogens is 1. The number of benzene rings is 1. The van der Waals surface area contributed by atoms with E-state index >= 15 is 0 Å². The second-order valence-electron chi connectivity index (χ2n) is 5.35. The van der Waals surface area contributed by atoms with Crippen LogP contribution < -0.4 is 5.32 Å². The van der Waals surface area contributed by atoms with E-state index in [1.54, 1.807) is 0 Å². The van der Waals surface area contributed by atoms with Crippen LogP contribution in [-0.4, -0.2) is 17.0 Å². The molecular formula is C17H20N2O. The summed E-state index contributed by atoms with van der Waals surface area (Å²) in [7, 11) is 0. The Morgan fingerprint density at radius 2 is 2.00 bits per heavy atom.